The highest BCUT2D eigenvalue weighted by molar-refractivity contribution is 6.30. The number of hydrogen-bond donors (Lipinski definition) is 1. The van der Waals surface area contributed by atoms with Crippen LogP contribution < -0.4 is 10.1 Å². The minimum Gasteiger partial charge on any atom is -0.497 e. The highest BCUT2D eigenvalue weighted by Gasteiger charge is 2.18. The molecule has 128 valence electrons. The molecule has 1 amide bonds. The molecule has 0 aliphatic rings. The fraction of sp³-hybridized carbons (Fsp3) is 0.316. The average molecular weight is 347 g/mol. The number of halogens is 1. The van der Waals surface area contributed by atoms with Crippen molar-refractivity contribution in [2.24, 2.45) is 0 Å². The number of carbonyl (C=O) groups excluding carboxylic acids is 1. The summed E-state index contributed by atoms with van der Waals surface area (Å²) in [4.78, 5) is 14.4. The van der Waals surface area contributed by atoms with Gasteiger partial charge in [-0.2, -0.15) is 0 Å². The Balaban J connectivity index is 2.03. The molecule has 4 nitrogen and oxygen atoms in total. The van der Waals surface area contributed by atoms with E-state index in [2.05, 4.69) is 17.1 Å². The third kappa shape index (κ3) is 4.98. The summed E-state index contributed by atoms with van der Waals surface area (Å²) < 4.78 is 5.28. The maximum Gasteiger partial charge on any atom is 0.238 e. The minimum absolute atomic E-state index is 0.0612. The Labute approximate surface area is 148 Å². The molecule has 5 heteroatoms. The third-order valence-electron chi connectivity index (χ3n) is 3.99. The summed E-state index contributed by atoms with van der Waals surface area (Å²) in [5.74, 6) is 0.757. The lowest BCUT2D eigenvalue weighted by Crippen LogP contribution is -2.35. The number of rotatable bonds is 7. The van der Waals surface area contributed by atoms with Crippen LogP contribution in [0.1, 0.15) is 25.5 Å². The Morgan fingerprint density at radius 2 is 2.00 bits per heavy atom. The van der Waals surface area contributed by atoms with E-state index < -0.39 is 0 Å². The van der Waals surface area contributed by atoms with E-state index in [0.29, 0.717) is 17.3 Å². The van der Waals surface area contributed by atoms with Crippen LogP contribution in [0.3, 0.4) is 0 Å². The summed E-state index contributed by atoms with van der Waals surface area (Å²) in [5.41, 5.74) is 1.82. The molecule has 24 heavy (non-hydrogen) atoms. The zero-order valence-corrected chi connectivity index (χ0v) is 15.0. The monoisotopic (exact) mass is 346 g/mol. The fourth-order valence-electron chi connectivity index (χ4n) is 2.59. The first-order valence-corrected chi connectivity index (χ1v) is 8.34. The molecule has 2 aromatic carbocycles. The number of likely N-dealkylation sites (N-methyl/N-ethyl adjacent to an activating group) is 1. The second-order valence-electron chi connectivity index (χ2n) is 5.57. The Morgan fingerprint density at radius 3 is 2.67 bits per heavy atom. The molecule has 0 saturated heterocycles. The molecule has 2 rings (SSSR count). The Bertz CT molecular complexity index is 691. The van der Waals surface area contributed by atoms with Crippen LogP contribution in [0.15, 0.2) is 48.5 Å². The van der Waals surface area contributed by atoms with Gasteiger partial charge in [0.1, 0.15) is 5.75 Å². The molecular weight excluding hydrogens is 324 g/mol. The van der Waals surface area contributed by atoms with E-state index in [0.717, 1.165) is 17.9 Å². The number of nitrogens with zero attached hydrogens (tertiary/aromatic N) is 1. The quantitative estimate of drug-likeness (QED) is 0.809. The van der Waals surface area contributed by atoms with E-state index in [1.165, 1.54) is 0 Å². The van der Waals surface area contributed by atoms with E-state index >= 15 is 0 Å². The Kier molecular flexibility index (Phi) is 6.64. The zero-order chi connectivity index (χ0) is 17.5. The van der Waals surface area contributed by atoms with Crippen molar-refractivity contribution in [1.29, 1.82) is 0 Å². The van der Waals surface area contributed by atoms with E-state index in [1.807, 2.05) is 43.3 Å². The van der Waals surface area contributed by atoms with E-state index in [9.17, 15) is 4.79 Å². The van der Waals surface area contributed by atoms with Crippen molar-refractivity contribution in [2.75, 3.05) is 25.5 Å². The molecule has 0 aliphatic heterocycles. The summed E-state index contributed by atoms with van der Waals surface area (Å²) in [6, 6.07) is 15.2. The second kappa shape index (κ2) is 8.71. The van der Waals surface area contributed by atoms with Crippen molar-refractivity contribution in [1.82, 2.24) is 4.90 Å². The minimum atomic E-state index is -0.0612. The topological polar surface area (TPSA) is 41.6 Å². The van der Waals surface area contributed by atoms with Crippen LogP contribution in [0.5, 0.6) is 5.75 Å². The van der Waals surface area contributed by atoms with Crippen LogP contribution >= 0.6 is 11.6 Å². The molecule has 1 N–H and O–H groups in total. The number of benzene rings is 2. The maximum absolute atomic E-state index is 12.3. The van der Waals surface area contributed by atoms with Crippen LogP contribution in [-0.2, 0) is 4.79 Å². The molecule has 1 atom stereocenters. The van der Waals surface area contributed by atoms with Gasteiger partial charge in [0, 0.05) is 16.8 Å². The SMILES string of the molecule is CCN(CC(=O)Nc1cccc(Cl)c1)C(C)c1cccc(OC)c1. The highest BCUT2D eigenvalue weighted by atomic mass is 35.5. The van der Waals surface area contributed by atoms with E-state index in [4.69, 9.17) is 16.3 Å². The van der Waals surface area contributed by atoms with E-state index in [-0.39, 0.29) is 11.9 Å². The number of hydrogen-bond acceptors (Lipinski definition) is 3. The van der Waals surface area contributed by atoms with Crippen LogP contribution in [0.4, 0.5) is 5.69 Å². The normalized spacial score (nSPS) is 12.0. The average Bonchev–Trinajstić information content (AvgIpc) is 2.59. The summed E-state index contributed by atoms with van der Waals surface area (Å²) in [7, 11) is 1.65. The molecule has 0 bridgehead atoms. The van der Waals surface area contributed by atoms with Gasteiger partial charge in [-0.3, -0.25) is 9.69 Å². The Morgan fingerprint density at radius 1 is 1.25 bits per heavy atom. The Hall–Kier alpha value is -2.04. The smallest absolute Gasteiger partial charge is 0.238 e. The third-order valence-corrected chi connectivity index (χ3v) is 4.22. The van der Waals surface area contributed by atoms with Crippen molar-refractivity contribution in [3.63, 3.8) is 0 Å². The number of methoxy groups -OCH3 is 1. The lowest BCUT2D eigenvalue weighted by molar-refractivity contribution is -0.117. The van der Waals surface area contributed by atoms with Gasteiger partial charge in [0.05, 0.1) is 13.7 Å². The predicted molar refractivity (Wildman–Crippen MR) is 98.7 cm³/mol. The molecule has 2 aromatic rings. The maximum atomic E-state index is 12.3. The van der Waals surface area contributed by atoms with Crippen molar-refractivity contribution >= 4 is 23.2 Å². The van der Waals surface area contributed by atoms with Gasteiger partial charge in [0.2, 0.25) is 5.91 Å². The lowest BCUT2D eigenvalue weighted by Gasteiger charge is -2.27. The molecule has 1 unspecified atom stereocenters. The molecule has 0 spiro atoms. The molecule has 0 radical (unpaired) electrons. The van der Waals surface area contributed by atoms with Gasteiger partial charge in [0.25, 0.3) is 0 Å². The second-order valence-corrected chi connectivity index (χ2v) is 6.01. The van der Waals surface area contributed by atoms with Crippen LogP contribution in [0, 0.1) is 0 Å². The van der Waals surface area contributed by atoms with E-state index in [1.54, 1.807) is 19.2 Å². The molecular formula is C19H23ClN2O2. The van der Waals surface area contributed by atoms with Gasteiger partial charge in [-0.1, -0.05) is 36.7 Å². The first-order valence-electron chi connectivity index (χ1n) is 7.97. The molecule has 0 saturated carbocycles. The van der Waals surface area contributed by atoms with Gasteiger partial charge < -0.3 is 10.1 Å². The van der Waals surface area contributed by atoms with Crippen molar-refractivity contribution < 1.29 is 9.53 Å². The van der Waals surface area contributed by atoms with Crippen molar-refractivity contribution in [3.8, 4) is 5.75 Å². The van der Waals surface area contributed by atoms with Crippen LogP contribution in [0.25, 0.3) is 0 Å². The number of amides is 1. The standard InChI is InChI=1S/C19H23ClN2O2/c1-4-22(14(2)15-7-5-10-18(11-15)24-3)13-19(23)21-17-9-6-8-16(20)12-17/h5-12,14H,4,13H2,1-3H3,(H,21,23). The van der Waals surface area contributed by atoms with Gasteiger partial charge in [-0.05, 0) is 49.4 Å². The number of carbonyl (C=O) groups is 1. The predicted octanol–water partition coefficient (Wildman–Crippen LogP) is 4.37. The van der Waals surface area contributed by atoms with Crippen LogP contribution in [-0.4, -0.2) is 31.0 Å². The molecule has 0 fully saturated rings. The van der Waals surface area contributed by atoms with Gasteiger partial charge >= 0.3 is 0 Å². The highest BCUT2D eigenvalue weighted by Crippen LogP contribution is 2.24. The molecule has 0 aromatic heterocycles. The first-order chi connectivity index (χ1) is 11.5. The fourth-order valence-corrected chi connectivity index (χ4v) is 2.78. The van der Waals surface area contributed by atoms with Gasteiger partial charge in [0.15, 0.2) is 0 Å². The summed E-state index contributed by atoms with van der Waals surface area (Å²) in [5, 5.41) is 3.49. The van der Waals surface area contributed by atoms with Gasteiger partial charge in [-0.25, -0.2) is 0 Å². The number of anilines is 1. The molecule has 0 heterocycles. The first kappa shape index (κ1) is 18.3. The lowest BCUT2D eigenvalue weighted by atomic mass is 10.1. The summed E-state index contributed by atoms with van der Waals surface area (Å²) >= 11 is 5.95. The van der Waals surface area contributed by atoms with Gasteiger partial charge in [-0.15, -0.1) is 0 Å². The largest absolute Gasteiger partial charge is 0.497 e. The zero-order valence-electron chi connectivity index (χ0n) is 14.3. The summed E-state index contributed by atoms with van der Waals surface area (Å²) in [6.07, 6.45) is 0. The number of ether oxygens (including phenoxy) is 1. The van der Waals surface area contributed by atoms with Crippen LogP contribution in [0.2, 0.25) is 5.02 Å². The molecule has 0 aliphatic carbocycles. The number of nitrogens with one attached hydrogen (secondary N) is 1. The summed E-state index contributed by atoms with van der Waals surface area (Å²) in [6.45, 7) is 5.21. The van der Waals surface area contributed by atoms with Crippen molar-refractivity contribution in [3.05, 3.63) is 59.1 Å². The van der Waals surface area contributed by atoms with Crippen molar-refractivity contribution in [2.45, 2.75) is 19.9 Å².